The lowest BCUT2D eigenvalue weighted by atomic mass is 9.99. The second-order valence-corrected chi connectivity index (χ2v) is 19.2. The molecule has 0 amide bonds. The number of rotatable bonds is 10. The minimum absolute atomic E-state index is 0.0748. The Kier molecular flexibility index (Phi) is 20.2. The number of ketones is 2. The number of carbonyl (C=O) groups is 2. The molecule has 0 saturated heterocycles. The zero-order valence-electron chi connectivity index (χ0n) is 45.8. The summed E-state index contributed by atoms with van der Waals surface area (Å²) >= 11 is 0. The van der Waals surface area contributed by atoms with Crippen molar-refractivity contribution in [3.8, 4) is 34.5 Å². The first kappa shape index (κ1) is 56.1. The van der Waals surface area contributed by atoms with Crippen LogP contribution in [0, 0.1) is 34.6 Å². The highest BCUT2D eigenvalue weighted by atomic mass is 16.5. The van der Waals surface area contributed by atoms with Gasteiger partial charge in [0.15, 0.2) is 11.6 Å². The average Bonchev–Trinajstić information content (AvgIpc) is 3.58. The van der Waals surface area contributed by atoms with Crippen LogP contribution in [0.3, 0.4) is 0 Å². The molecule has 0 fully saturated rings. The fraction of sp³-hybridized carbons (Fsp3) is 0.0667. The van der Waals surface area contributed by atoms with E-state index in [1.807, 2.05) is 300 Å². The number of ether oxygens (including phenoxy) is 3. The minimum Gasteiger partial charge on any atom is -0.457 e. The third-order valence-corrected chi connectivity index (χ3v) is 12.7. The van der Waals surface area contributed by atoms with E-state index in [4.69, 9.17) is 14.2 Å². The predicted molar refractivity (Wildman–Crippen MR) is 330 cm³/mol. The molecule has 0 unspecified atom stereocenters. The fourth-order valence-corrected chi connectivity index (χ4v) is 8.31. The zero-order chi connectivity index (χ0) is 55.9. The molecule has 0 saturated carbocycles. The lowest BCUT2D eigenvalue weighted by molar-refractivity contribution is 0.103. The molecule has 0 aliphatic carbocycles. The second-order valence-electron chi connectivity index (χ2n) is 19.2. The van der Waals surface area contributed by atoms with Crippen LogP contribution in [0.15, 0.2) is 297 Å². The van der Waals surface area contributed by atoms with Crippen LogP contribution >= 0.6 is 0 Å². The normalized spacial score (nSPS) is 10.2. The Bertz CT molecular complexity index is 3870. The quantitative estimate of drug-likeness (QED) is 0.128. The minimum atomic E-state index is 0.0748. The second kappa shape index (κ2) is 28.9. The van der Waals surface area contributed by atoms with Crippen molar-refractivity contribution in [1.82, 2.24) is 0 Å². The highest BCUT2D eigenvalue weighted by molar-refractivity contribution is 6.11. The van der Waals surface area contributed by atoms with Crippen molar-refractivity contribution in [3.63, 3.8) is 0 Å². The number of fused-ring (bicyclic) bond motifs is 2. The summed E-state index contributed by atoms with van der Waals surface area (Å²) in [5.74, 6) is 5.45. The summed E-state index contributed by atoms with van der Waals surface area (Å²) in [4.78, 5) is 24.8. The van der Waals surface area contributed by atoms with Crippen LogP contribution < -0.4 is 14.2 Å². The van der Waals surface area contributed by atoms with Gasteiger partial charge in [-0.05, 0) is 152 Å². The molecule has 12 rings (SSSR count). The van der Waals surface area contributed by atoms with E-state index in [1.165, 1.54) is 11.1 Å². The van der Waals surface area contributed by atoms with E-state index in [-0.39, 0.29) is 11.6 Å². The Balaban J connectivity index is 0.000000132. The first-order valence-corrected chi connectivity index (χ1v) is 26.6. The summed E-state index contributed by atoms with van der Waals surface area (Å²) in [6, 6.07) is 96.7. The molecule has 12 aromatic rings. The first-order valence-electron chi connectivity index (χ1n) is 26.6. The standard InChI is InChI=1S/2C18H14O.3C13H12O/c1-13-5-4-8-16(11-13)18(19)17-10-9-14-6-2-3-7-15(14)12-17;1-13-6-8-15(9-7-13)18(19)17-11-10-14-4-2-3-5-16(14)12-17;1-11-7-5-6-10-13(11)14-12-8-3-2-4-9-12;1-11-6-5-9-13(10-11)14-12-7-3-2-4-8-12;1-11-7-9-13(10-8-11)14-12-5-3-2-4-6-12/h2*2-12H,1H3;3*2-10H,1H3. The molecule has 0 aliphatic heterocycles. The molecule has 0 heterocycles. The molecule has 0 radical (unpaired) electrons. The first-order chi connectivity index (χ1) is 39.0. The summed E-state index contributed by atoms with van der Waals surface area (Å²) < 4.78 is 17.0. The number of hydrogen-bond acceptors (Lipinski definition) is 5. The van der Waals surface area contributed by atoms with Crippen molar-refractivity contribution in [2.45, 2.75) is 34.6 Å². The molecule has 394 valence electrons. The van der Waals surface area contributed by atoms with Crippen molar-refractivity contribution in [1.29, 1.82) is 0 Å². The smallest absolute Gasteiger partial charge is 0.193 e. The predicted octanol–water partition coefficient (Wildman–Crippen LogP) is 20.1. The number of aryl methyl sites for hydroxylation is 5. The topological polar surface area (TPSA) is 61.8 Å². The molecule has 0 aliphatic rings. The largest absolute Gasteiger partial charge is 0.457 e. The van der Waals surface area contributed by atoms with E-state index in [0.717, 1.165) is 95.0 Å². The average molecular weight is 1050 g/mol. The molecule has 80 heavy (non-hydrogen) atoms. The third kappa shape index (κ3) is 17.2. The van der Waals surface area contributed by atoms with Crippen molar-refractivity contribution in [3.05, 3.63) is 347 Å². The van der Waals surface area contributed by atoms with Gasteiger partial charge in [0.05, 0.1) is 0 Å². The monoisotopic (exact) mass is 1040 g/mol. The maximum Gasteiger partial charge on any atom is 0.193 e. The van der Waals surface area contributed by atoms with E-state index in [2.05, 4.69) is 32.0 Å². The molecule has 0 atom stereocenters. The molecule has 5 nitrogen and oxygen atoms in total. The molecular formula is C75H64O5. The number of carbonyl (C=O) groups excluding carboxylic acids is 2. The van der Waals surface area contributed by atoms with Crippen LogP contribution in [0.25, 0.3) is 21.5 Å². The van der Waals surface area contributed by atoms with Crippen molar-refractivity contribution >= 4 is 33.1 Å². The highest BCUT2D eigenvalue weighted by Gasteiger charge is 2.11. The summed E-state index contributed by atoms with van der Waals surface area (Å²) in [7, 11) is 0. The summed E-state index contributed by atoms with van der Waals surface area (Å²) in [6.45, 7) is 10.2. The van der Waals surface area contributed by atoms with Gasteiger partial charge in [-0.15, -0.1) is 0 Å². The van der Waals surface area contributed by atoms with Gasteiger partial charge in [0.1, 0.15) is 34.5 Å². The zero-order valence-corrected chi connectivity index (χ0v) is 45.8. The summed E-state index contributed by atoms with van der Waals surface area (Å²) in [5, 5.41) is 4.51. The third-order valence-electron chi connectivity index (χ3n) is 12.7. The van der Waals surface area contributed by atoms with Gasteiger partial charge in [-0.2, -0.15) is 0 Å². The van der Waals surface area contributed by atoms with Crippen molar-refractivity contribution < 1.29 is 23.8 Å². The van der Waals surface area contributed by atoms with E-state index < -0.39 is 0 Å². The Labute approximate surface area is 471 Å². The summed E-state index contributed by atoms with van der Waals surface area (Å²) in [5.41, 5.74) is 8.82. The molecule has 0 N–H and O–H groups in total. The Hall–Kier alpha value is -10.1. The highest BCUT2D eigenvalue weighted by Crippen LogP contribution is 2.26. The van der Waals surface area contributed by atoms with Crippen LogP contribution in [0.4, 0.5) is 0 Å². The lowest BCUT2D eigenvalue weighted by Gasteiger charge is -2.07. The summed E-state index contributed by atoms with van der Waals surface area (Å²) in [6.07, 6.45) is 0. The van der Waals surface area contributed by atoms with Crippen molar-refractivity contribution in [2.24, 2.45) is 0 Å². The van der Waals surface area contributed by atoms with Gasteiger partial charge in [-0.3, -0.25) is 9.59 Å². The van der Waals surface area contributed by atoms with E-state index in [9.17, 15) is 9.59 Å². The SMILES string of the molecule is Cc1ccc(C(=O)c2ccc3ccccc3c2)cc1.Cc1ccc(Oc2ccccc2)cc1.Cc1cccc(C(=O)c2ccc3ccccc3c2)c1.Cc1cccc(Oc2ccccc2)c1.Cc1ccccc1Oc1ccccc1. The van der Waals surface area contributed by atoms with Crippen LogP contribution in [0.1, 0.15) is 59.7 Å². The van der Waals surface area contributed by atoms with Crippen LogP contribution in [-0.2, 0) is 0 Å². The Morgan fingerprint density at radius 2 is 0.600 bits per heavy atom. The van der Waals surface area contributed by atoms with Gasteiger partial charge in [0.2, 0.25) is 0 Å². The maximum absolute atomic E-state index is 12.4. The molecule has 0 spiro atoms. The van der Waals surface area contributed by atoms with Crippen LogP contribution in [0.5, 0.6) is 34.5 Å². The van der Waals surface area contributed by atoms with Gasteiger partial charge >= 0.3 is 0 Å². The van der Waals surface area contributed by atoms with Gasteiger partial charge in [-0.25, -0.2) is 0 Å². The van der Waals surface area contributed by atoms with E-state index >= 15 is 0 Å². The molecular weight excluding hydrogens is 981 g/mol. The lowest BCUT2D eigenvalue weighted by Crippen LogP contribution is -2.01. The number of benzene rings is 12. The van der Waals surface area contributed by atoms with E-state index in [0.29, 0.717) is 0 Å². The van der Waals surface area contributed by atoms with Gasteiger partial charge in [0.25, 0.3) is 0 Å². The molecule has 12 aromatic carbocycles. The van der Waals surface area contributed by atoms with Crippen LogP contribution in [-0.4, -0.2) is 11.6 Å². The molecule has 0 aromatic heterocycles. The van der Waals surface area contributed by atoms with Crippen molar-refractivity contribution in [2.75, 3.05) is 0 Å². The Morgan fingerprint density at radius 3 is 1.10 bits per heavy atom. The van der Waals surface area contributed by atoms with Gasteiger partial charge in [-0.1, -0.05) is 229 Å². The number of para-hydroxylation sites is 4. The number of hydrogen-bond donors (Lipinski definition) is 0. The molecule has 5 heteroatoms. The fourth-order valence-electron chi connectivity index (χ4n) is 8.31. The van der Waals surface area contributed by atoms with Gasteiger partial charge in [0, 0.05) is 22.3 Å². The van der Waals surface area contributed by atoms with Crippen LogP contribution in [0.2, 0.25) is 0 Å². The Morgan fingerprint density at radius 1 is 0.237 bits per heavy atom. The maximum atomic E-state index is 12.4. The van der Waals surface area contributed by atoms with Gasteiger partial charge < -0.3 is 14.2 Å². The van der Waals surface area contributed by atoms with E-state index in [1.54, 1.807) is 0 Å². The molecule has 0 bridgehead atoms.